The van der Waals surface area contributed by atoms with Crippen LogP contribution in [0.4, 0.5) is 0 Å². The molecule has 0 saturated carbocycles. The molecule has 2 aliphatic heterocycles. The summed E-state index contributed by atoms with van der Waals surface area (Å²) in [5.41, 5.74) is 3.76. The number of hydrogen-bond donors (Lipinski definition) is 2. The van der Waals surface area contributed by atoms with Gasteiger partial charge in [-0.25, -0.2) is 0 Å². The van der Waals surface area contributed by atoms with Gasteiger partial charge in [0.1, 0.15) is 6.04 Å². The van der Waals surface area contributed by atoms with E-state index >= 15 is 0 Å². The third-order valence-corrected chi connectivity index (χ3v) is 4.54. The number of carbonyl (C=O) groups excluding carboxylic acids is 2. The van der Waals surface area contributed by atoms with Crippen molar-refractivity contribution in [2.45, 2.75) is 51.9 Å². The van der Waals surface area contributed by atoms with Crippen LogP contribution in [0.2, 0.25) is 0 Å². The Bertz CT molecular complexity index is 591. The third kappa shape index (κ3) is 3.85. The number of hydrogen-bond acceptors (Lipinski definition) is 3. The first kappa shape index (κ1) is 17.8. The van der Waals surface area contributed by atoms with Gasteiger partial charge < -0.3 is 15.5 Å². The van der Waals surface area contributed by atoms with Gasteiger partial charge in [0, 0.05) is 32.6 Å². The zero-order valence-corrected chi connectivity index (χ0v) is 14.2. The van der Waals surface area contributed by atoms with Crippen LogP contribution in [0.15, 0.2) is 18.2 Å². The van der Waals surface area contributed by atoms with Gasteiger partial charge in [-0.3, -0.25) is 9.59 Å². The molecular weight excluding hydrogens is 314 g/mol. The molecule has 0 radical (unpaired) electrons. The quantitative estimate of drug-likeness (QED) is 0.860. The van der Waals surface area contributed by atoms with Crippen LogP contribution in [0.25, 0.3) is 0 Å². The minimum Gasteiger partial charge on any atom is -0.350 e. The first-order valence-corrected chi connectivity index (χ1v) is 8.07. The topological polar surface area (TPSA) is 61.4 Å². The van der Waals surface area contributed by atoms with Gasteiger partial charge in [0.2, 0.25) is 11.8 Å². The summed E-state index contributed by atoms with van der Waals surface area (Å²) >= 11 is 0. The maximum absolute atomic E-state index is 12.4. The molecule has 5 nitrogen and oxygen atoms in total. The van der Waals surface area contributed by atoms with Gasteiger partial charge >= 0.3 is 0 Å². The number of amides is 2. The molecule has 1 aromatic carbocycles. The van der Waals surface area contributed by atoms with Crippen LogP contribution in [0, 0.1) is 0 Å². The second-order valence-electron chi connectivity index (χ2n) is 6.04. The molecule has 3 rings (SSSR count). The van der Waals surface area contributed by atoms with Gasteiger partial charge in [0.15, 0.2) is 0 Å². The fourth-order valence-electron chi connectivity index (χ4n) is 3.31. The highest BCUT2D eigenvalue weighted by Gasteiger charge is 2.31. The van der Waals surface area contributed by atoms with Gasteiger partial charge in [-0.2, -0.15) is 0 Å². The molecule has 6 heteroatoms. The molecule has 1 saturated heterocycles. The van der Waals surface area contributed by atoms with Crippen molar-refractivity contribution in [1.29, 1.82) is 0 Å². The number of benzene rings is 1. The zero-order valence-electron chi connectivity index (χ0n) is 13.4. The summed E-state index contributed by atoms with van der Waals surface area (Å²) in [6.07, 6.45) is 2.09. The van der Waals surface area contributed by atoms with Crippen LogP contribution in [-0.2, 0) is 29.2 Å². The lowest BCUT2D eigenvalue weighted by Crippen LogP contribution is -2.46. The van der Waals surface area contributed by atoms with Crippen LogP contribution in [0.5, 0.6) is 0 Å². The van der Waals surface area contributed by atoms with Crippen molar-refractivity contribution in [2.24, 2.45) is 0 Å². The first-order valence-electron chi connectivity index (χ1n) is 8.07. The summed E-state index contributed by atoms with van der Waals surface area (Å²) in [5, 5.41) is 6.30. The van der Waals surface area contributed by atoms with Crippen molar-refractivity contribution >= 4 is 24.2 Å². The van der Waals surface area contributed by atoms with E-state index in [4.69, 9.17) is 0 Å². The molecule has 2 amide bonds. The molecule has 0 bridgehead atoms. The van der Waals surface area contributed by atoms with Gasteiger partial charge in [0.05, 0.1) is 0 Å². The largest absolute Gasteiger partial charge is 0.350 e. The Morgan fingerprint density at radius 2 is 2.13 bits per heavy atom. The number of halogens is 1. The lowest BCUT2D eigenvalue weighted by molar-refractivity contribution is -0.137. The van der Waals surface area contributed by atoms with E-state index in [2.05, 4.69) is 28.8 Å². The average molecular weight is 338 g/mol. The molecule has 0 aromatic heterocycles. The number of fused-ring (bicyclic) bond motifs is 1. The van der Waals surface area contributed by atoms with Gasteiger partial charge in [-0.05, 0) is 29.5 Å². The lowest BCUT2D eigenvalue weighted by atomic mass is 10.1. The summed E-state index contributed by atoms with van der Waals surface area (Å²) in [7, 11) is 0. The highest BCUT2D eigenvalue weighted by molar-refractivity contribution is 5.88. The van der Waals surface area contributed by atoms with Crippen LogP contribution in [0.3, 0.4) is 0 Å². The van der Waals surface area contributed by atoms with E-state index in [-0.39, 0.29) is 30.3 Å². The minimum atomic E-state index is -0.328. The number of likely N-dealkylation sites (tertiary alicyclic amines) is 1. The van der Waals surface area contributed by atoms with Crippen LogP contribution < -0.4 is 10.6 Å². The average Bonchev–Trinajstić information content (AvgIpc) is 3.15. The molecule has 2 aliphatic rings. The normalized spacial score (nSPS) is 17.6. The van der Waals surface area contributed by atoms with Crippen molar-refractivity contribution in [3.63, 3.8) is 0 Å². The highest BCUT2D eigenvalue weighted by Crippen LogP contribution is 2.18. The van der Waals surface area contributed by atoms with E-state index in [0.717, 1.165) is 25.1 Å². The monoisotopic (exact) mass is 337 g/mol. The fourth-order valence-corrected chi connectivity index (χ4v) is 3.31. The Morgan fingerprint density at radius 3 is 2.83 bits per heavy atom. The summed E-state index contributed by atoms with van der Waals surface area (Å²) in [5.74, 6) is 0.0574. The Kier molecular flexibility index (Phi) is 6.02. The standard InChI is InChI=1S/C17H23N3O2.ClH/c1-2-15(20-7-3-4-16(20)21)17(22)19-9-12-5-6-13-10-18-11-14(13)8-12;/h5-6,8,15,18H,2-4,7,9-11H2,1H3,(H,19,22);1H. The van der Waals surface area contributed by atoms with Crippen molar-refractivity contribution in [2.75, 3.05) is 6.54 Å². The number of rotatable bonds is 5. The Morgan fingerprint density at radius 1 is 1.35 bits per heavy atom. The summed E-state index contributed by atoms with van der Waals surface area (Å²) in [6.45, 7) is 5.00. The van der Waals surface area contributed by atoms with E-state index in [1.54, 1.807) is 4.90 Å². The van der Waals surface area contributed by atoms with Crippen molar-refractivity contribution in [1.82, 2.24) is 15.5 Å². The minimum absolute atomic E-state index is 0. The molecule has 1 aromatic rings. The number of nitrogens with zero attached hydrogens (tertiary/aromatic N) is 1. The van der Waals surface area contributed by atoms with Gasteiger partial charge in [-0.15, -0.1) is 12.4 Å². The predicted octanol–water partition coefficient (Wildman–Crippen LogP) is 1.73. The lowest BCUT2D eigenvalue weighted by Gasteiger charge is -2.25. The first-order chi connectivity index (χ1) is 10.7. The zero-order chi connectivity index (χ0) is 15.5. The number of nitrogens with one attached hydrogen (secondary N) is 2. The SMILES string of the molecule is CCC(C(=O)NCc1ccc2c(c1)CNC2)N1CCCC1=O.Cl. The van der Waals surface area contributed by atoms with Crippen LogP contribution in [-0.4, -0.2) is 29.3 Å². The van der Waals surface area contributed by atoms with Crippen LogP contribution >= 0.6 is 12.4 Å². The molecule has 1 atom stereocenters. The molecular formula is C17H24ClN3O2. The Hall–Kier alpha value is -1.59. The molecule has 1 unspecified atom stereocenters. The molecule has 0 spiro atoms. The van der Waals surface area contributed by atoms with Gasteiger partial charge in [-0.1, -0.05) is 25.1 Å². The Balaban J connectivity index is 0.00000192. The summed E-state index contributed by atoms with van der Waals surface area (Å²) in [6, 6.07) is 6.01. The maximum Gasteiger partial charge on any atom is 0.243 e. The smallest absolute Gasteiger partial charge is 0.243 e. The maximum atomic E-state index is 12.4. The highest BCUT2D eigenvalue weighted by atomic mass is 35.5. The third-order valence-electron chi connectivity index (χ3n) is 4.54. The van der Waals surface area contributed by atoms with E-state index in [9.17, 15) is 9.59 Å². The molecule has 2 heterocycles. The fraction of sp³-hybridized carbons (Fsp3) is 0.529. The van der Waals surface area contributed by atoms with E-state index < -0.39 is 0 Å². The predicted molar refractivity (Wildman–Crippen MR) is 91.1 cm³/mol. The van der Waals surface area contributed by atoms with Crippen molar-refractivity contribution < 1.29 is 9.59 Å². The summed E-state index contributed by atoms with van der Waals surface area (Å²) < 4.78 is 0. The second-order valence-corrected chi connectivity index (χ2v) is 6.04. The second kappa shape index (κ2) is 7.79. The van der Waals surface area contributed by atoms with E-state index in [1.165, 1.54) is 11.1 Å². The summed E-state index contributed by atoms with van der Waals surface area (Å²) in [4.78, 5) is 25.9. The Labute approximate surface area is 143 Å². The molecule has 1 fully saturated rings. The van der Waals surface area contributed by atoms with E-state index in [1.807, 2.05) is 6.92 Å². The number of carbonyl (C=O) groups is 2. The molecule has 126 valence electrons. The molecule has 0 aliphatic carbocycles. The molecule has 2 N–H and O–H groups in total. The van der Waals surface area contributed by atoms with E-state index in [0.29, 0.717) is 25.9 Å². The van der Waals surface area contributed by atoms with Crippen molar-refractivity contribution in [3.8, 4) is 0 Å². The van der Waals surface area contributed by atoms with Crippen LogP contribution in [0.1, 0.15) is 42.9 Å². The van der Waals surface area contributed by atoms with Gasteiger partial charge in [0.25, 0.3) is 0 Å². The van der Waals surface area contributed by atoms with Crippen molar-refractivity contribution in [3.05, 3.63) is 34.9 Å². The molecule has 23 heavy (non-hydrogen) atoms.